The summed E-state index contributed by atoms with van der Waals surface area (Å²) in [5.41, 5.74) is 0.799. The van der Waals surface area contributed by atoms with Crippen molar-refractivity contribution < 1.29 is 14.0 Å². The van der Waals surface area contributed by atoms with Gasteiger partial charge in [0.1, 0.15) is 11.5 Å². The van der Waals surface area contributed by atoms with E-state index in [1.165, 1.54) is 25.7 Å². The maximum Gasteiger partial charge on any atom is 0.241 e. The lowest BCUT2D eigenvalue weighted by Crippen LogP contribution is -2.34. The SMILES string of the molecule is COc1ccc(-c2noc(CN(C)C3CCC(C)CC3)n2)c(OC)c1. The molecule has 0 aliphatic heterocycles. The lowest BCUT2D eigenvalue weighted by atomic mass is 9.87. The number of nitrogens with zero attached hydrogens (tertiary/aromatic N) is 3. The molecule has 2 aromatic rings. The van der Waals surface area contributed by atoms with E-state index in [1.54, 1.807) is 14.2 Å². The number of ether oxygens (including phenoxy) is 2. The largest absolute Gasteiger partial charge is 0.497 e. The van der Waals surface area contributed by atoms with Crippen molar-refractivity contribution in [1.82, 2.24) is 15.0 Å². The Bertz CT molecular complexity index is 693. The van der Waals surface area contributed by atoms with Crippen LogP contribution >= 0.6 is 0 Å². The van der Waals surface area contributed by atoms with Crippen molar-refractivity contribution in [3.8, 4) is 22.9 Å². The summed E-state index contributed by atoms with van der Waals surface area (Å²) < 4.78 is 16.1. The Morgan fingerprint density at radius 2 is 1.92 bits per heavy atom. The van der Waals surface area contributed by atoms with Crippen LogP contribution in [0.25, 0.3) is 11.4 Å². The van der Waals surface area contributed by atoms with Crippen molar-refractivity contribution in [2.24, 2.45) is 5.92 Å². The zero-order chi connectivity index (χ0) is 17.8. The van der Waals surface area contributed by atoms with Crippen LogP contribution in [-0.4, -0.2) is 42.3 Å². The molecule has 0 unspecified atom stereocenters. The van der Waals surface area contributed by atoms with Crippen molar-refractivity contribution in [2.75, 3.05) is 21.3 Å². The molecule has 1 aliphatic rings. The van der Waals surface area contributed by atoms with Crippen molar-refractivity contribution >= 4 is 0 Å². The molecule has 0 spiro atoms. The van der Waals surface area contributed by atoms with E-state index in [0.29, 0.717) is 30.1 Å². The van der Waals surface area contributed by atoms with Crippen LogP contribution < -0.4 is 9.47 Å². The molecule has 1 saturated carbocycles. The third-order valence-corrected chi connectivity index (χ3v) is 5.11. The van der Waals surface area contributed by atoms with Crippen molar-refractivity contribution in [3.05, 3.63) is 24.1 Å². The third-order valence-electron chi connectivity index (χ3n) is 5.11. The Hall–Kier alpha value is -2.08. The molecule has 1 aromatic carbocycles. The summed E-state index contributed by atoms with van der Waals surface area (Å²) in [6.45, 7) is 3.01. The standard InChI is InChI=1S/C19H27N3O3/c1-13-5-7-14(8-6-13)22(2)12-18-20-19(21-25-18)16-10-9-15(23-3)11-17(16)24-4/h9-11,13-14H,5-8,12H2,1-4H3. The van der Waals surface area contributed by atoms with Crippen molar-refractivity contribution in [1.29, 1.82) is 0 Å². The van der Waals surface area contributed by atoms with Gasteiger partial charge in [0.25, 0.3) is 0 Å². The predicted octanol–water partition coefficient (Wildman–Crippen LogP) is 3.76. The van der Waals surface area contributed by atoms with Gasteiger partial charge in [0.15, 0.2) is 0 Å². The van der Waals surface area contributed by atoms with E-state index < -0.39 is 0 Å². The number of hydrogen-bond donors (Lipinski definition) is 0. The van der Waals surface area contributed by atoms with E-state index in [2.05, 4.69) is 29.0 Å². The molecule has 1 aliphatic carbocycles. The quantitative estimate of drug-likeness (QED) is 0.794. The molecule has 0 atom stereocenters. The first-order chi connectivity index (χ1) is 12.1. The maximum absolute atomic E-state index is 5.47. The first-order valence-corrected chi connectivity index (χ1v) is 8.86. The van der Waals surface area contributed by atoms with Gasteiger partial charge in [-0.05, 0) is 50.8 Å². The second-order valence-corrected chi connectivity index (χ2v) is 6.91. The molecule has 6 heteroatoms. The molecule has 6 nitrogen and oxygen atoms in total. The zero-order valence-corrected chi connectivity index (χ0v) is 15.5. The fourth-order valence-corrected chi connectivity index (χ4v) is 3.44. The molecule has 136 valence electrons. The van der Waals surface area contributed by atoms with E-state index in [9.17, 15) is 0 Å². The van der Waals surface area contributed by atoms with E-state index in [-0.39, 0.29) is 0 Å². The summed E-state index contributed by atoms with van der Waals surface area (Å²) in [5.74, 6) is 3.42. The summed E-state index contributed by atoms with van der Waals surface area (Å²) in [6.07, 6.45) is 5.08. The van der Waals surface area contributed by atoms with Gasteiger partial charge >= 0.3 is 0 Å². The minimum absolute atomic E-state index is 0.542. The normalized spacial score (nSPS) is 20.7. The van der Waals surface area contributed by atoms with E-state index in [4.69, 9.17) is 14.0 Å². The van der Waals surface area contributed by atoms with Gasteiger partial charge in [-0.15, -0.1) is 0 Å². The van der Waals surface area contributed by atoms with Crippen molar-refractivity contribution in [2.45, 2.75) is 45.2 Å². The Kier molecular flexibility index (Phi) is 5.58. The fraction of sp³-hybridized carbons (Fsp3) is 0.579. The average molecular weight is 345 g/mol. The lowest BCUT2D eigenvalue weighted by molar-refractivity contribution is 0.148. The van der Waals surface area contributed by atoms with Gasteiger partial charge in [-0.2, -0.15) is 4.98 Å². The first kappa shape index (κ1) is 17.7. The molecule has 3 rings (SSSR count). The lowest BCUT2D eigenvalue weighted by Gasteiger charge is -2.32. The maximum atomic E-state index is 5.47. The molecule has 0 amide bonds. The second-order valence-electron chi connectivity index (χ2n) is 6.91. The number of benzene rings is 1. The Morgan fingerprint density at radius 1 is 1.16 bits per heavy atom. The predicted molar refractivity (Wildman–Crippen MR) is 95.7 cm³/mol. The van der Waals surface area contributed by atoms with Crippen LogP contribution in [0.5, 0.6) is 11.5 Å². The number of aromatic nitrogens is 2. The highest BCUT2D eigenvalue weighted by molar-refractivity contribution is 5.65. The van der Waals surface area contributed by atoms with Gasteiger partial charge in [0.05, 0.1) is 26.3 Å². The molecule has 0 saturated heterocycles. The Morgan fingerprint density at radius 3 is 2.60 bits per heavy atom. The van der Waals surface area contributed by atoms with E-state index in [0.717, 1.165) is 17.2 Å². The van der Waals surface area contributed by atoms with Crippen LogP contribution in [0, 0.1) is 5.92 Å². The summed E-state index contributed by atoms with van der Waals surface area (Å²) >= 11 is 0. The van der Waals surface area contributed by atoms with Gasteiger partial charge in [0, 0.05) is 12.1 Å². The molecule has 1 fully saturated rings. The third kappa shape index (κ3) is 4.12. The van der Waals surface area contributed by atoms with Crippen LogP contribution in [0.2, 0.25) is 0 Å². The second kappa shape index (κ2) is 7.87. The van der Waals surface area contributed by atoms with Crippen LogP contribution in [0.4, 0.5) is 0 Å². The van der Waals surface area contributed by atoms with Gasteiger partial charge in [0.2, 0.25) is 11.7 Å². The fourth-order valence-electron chi connectivity index (χ4n) is 3.44. The highest BCUT2D eigenvalue weighted by Crippen LogP contribution is 2.32. The van der Waals surface area contributed by atoms with Crippen LogP contribution in [0.3, 0.4) is 0 Å². The van der Waals surface area contributed by atoms with Gasteiger partial charge in [-0.1, -0.05) is 12.1 Å². The molecule has 1 heterocycles. The summed E-state index contributed by atoms with van der Waals surface area (Å²) in [4.78, 5) is 6.88. The Balaban J connectivity index is 1.70. The van der Waals surface area contributed by atoms with Gasteiger partial charge in [-0.25, -0.2) is 0 Å². The molecule has 0 bridgehead atoms. The topological polar surface area (TPSA) is 60.6 Å². The number of rotatable bonds is 6. The van der Waals surface area contributed by atoms with Gasteiger partial charge < -0.3 is 14.0 Å². The molecule has 0 N–H and O–H groups in total. The minimum Gasteiger partial charge on any atom is -0.497 e. The van der Waals surface area contributed by atoms with Crippen LogP contribution in [0.15, 0.2) is 22.7 Å². The first-order valence-electron chi connectivity index (χ1n) is 8.86. The monoisotopic (exact) mass is 345 g/mol. The minimum atomic E-state index is 0.542. The zero-order valence-electron chi connectivity index (χ0n) is 15.5. The molecule has 25 heavy (non-hydrogen) atoms. The van der Waals surface area contributed by atoms with Crippen LogP contribution in [-0.2, 0) is 6.54 Å². The molecule has 0 radical (unpaired) electrons. The van der Waals surface area contributed by atoms with Gasteiger partial charge in [-0.3, -0.25) is 4.90 Å². The van der Waals surface area contributed by atoms with Crippen LogP contribution in [0.1, 0.15) is 38.5 Å². The van der Waals surface area contributed by atoms with E-state index >= 15 is 0 Å². The molecular formula is C19H27N3O3. The summed E-state index contributed by atoms with van der Waals surface area (Å²) in [6, 6.07) is 6.17. The molecule has 1 aromatic heterocycles. The highest BCUT2D eigenvalue weighted by Gasteiger charge is 2.23. The average Bonchev–Trinajstić information content (AvgIpc) is 3.09. The number of hydrogen-bond acceptors (Lipinski definition) is 6. The van der Waals surface area contributed by atoms with Crippen molar-refractivity contribution in [3.63, 3.8) is 0 Å². The Labute approximate surface area is 149 Å². The highest BCUT2D eigenvalue weighted by atomic mass is 16.5. The smallest absolute Gasteiger partial charge is 0.241 e. The summed E-state index contributed by atoms with van der Waals surface area (Å²) in [7, 11) is 5.39. The molecular weight excluding hydrogens is 318 g/mol. The summed E-state index contributed by atoms with van der Waals surface area (Å²) in [5, 5.41) is 4.13. The number of methoxy groups -OCH3 is 2. The van der Waals surface area contributed by atoms with E-state index in [1.807, 2.05) is 18.2 Å².